The molecule has 0 spiro atoms. The lowest BCUT2D eigenvalue weighted by atomic mass is 9.64. The molecule has 1 unspecified atom stereocenters. The topological polar surface area (TPSA) is 0 Å². The molecule has 0 heterocycles. The molecular weight excluding hydrogens is 216 g/mol. The van der Waals surface area contributed by atoms with Crippen LogP contribution in [0.3, 0.4) is 0 Å². The fraction of sp³-hybridized carbons (Fsp3) is 0.444. The van der Waals surface area contributed by atoms with Crippen LogP contribution >= 0.6 is 0 Å². The molecule has 1 aliphatic carbocycles. The zero-order valence-corrected chi connectivity index (χ0v) is 11.7. The van der Waals surface area contributed by atoms with Crippen LogP contribution < -0.4 is 0 Å². The van der Waals surface area contributed by atoms with Crippen molar-refractivity contribution >= 4 is 10.8 Å². The minimum atomic E-state index is 0.359. The first-order valence-electron chi connectivity index (χ1n) is 7.14. The molecule has 0 radical (unpaired) electrons. The van der Waals surface area contributed by atoms with Gasteiger partial charge in [-0.2, -0.15) is 0 Å². The molecule has 1 atom stereocenters. The van der Waals surface area contributed by atoms with Gasteiger partial charge in [-0.1, -0.05) is 57.2 Å². The quantitative estimate of drug-likeness (QED) is 0.649. The molecule has 0 bridgehead atoms. The molecule has 2 aromatic rings. The zero-order chi connectivity index (χ0) is 12.8. The highest BCUT2D eigenvalue weighted by atomic mass is 14.4. The van der Waals surface area contributed by atoms with Crippen LogP contribution in [-0.2, 0) is 11.8 Å². The Hall–Kier alpha value is -1.30. The molecule has 18 heavy (non-hydrogen) atoms. The van der Waals surface area contributed by atoms with Crippen LogP contribution in [0.15, 0.2) is 36.4 Å². The van der Waals surface area contributed by atoms with E-state index in [4.69, 9.17) is 0 Å². The molecule has 0 aromatic heterocycles. The van der Waals surface area contributed by atoms with Gasteiger partial charge in [-0.15, -0.1) is 0 Å². The Balaban J connectivity index is 2.29. The number of aryl methyl sites for hydroxylation is 1. The van der Waals surface area contributed by atoms with Crippen LogP contribution in [0, 0.1) is 5.92 Å². The monoisotopic (exact) mass is 238 g/mol. The Morgan fingerprint density at radius 3 is 2.61 bits per heavy atom. The molecule has 0 aliphatic heterocycles. The fourth-order valence-corrected chi connectivity index (χ4v) is 3.51. The van der Waals surface area contributed by atoms with Crippen LogP contribution in [0.5, 0.6) is 0 Å². The first-order valence-corrected chi connectivity index (χ1v) is 7.14. The van der Waals surface area contributed by atoms with Crippen molar-refractivity contribution in [2.45, 2.75) is 45.4 Å². The lowest BCUT2D eigenvalue weighted by molar-refractivity contribution is 0.291. The number of fused-ring (bicyclic) bond motifs is 3. The molecule has 0 amide bonds. The maximum absolute atomic E-state index is 2.45. The van der Waals surface area contributed by atoms with Crippen LogP contribution in [0.1, 0.15) is 44.7 Å². The summed E-state index contributed by atoms with van der Waals surface area (Å²) in [6, 6.07) is 13.5. The van der Waals surface area contributed by atoms with Crippen molar-refractivity contribution in [3.05, 3.63) is 47.5 Å². The second-order valence-corrected chi connectivity index (χ2v) is 6.24. The van der Waals surface area contributed by atoms with E-state index in [9.17, 15) is 0 Å². The fourth-order valence-electron chi connectivity index (χ4n) is 3.51. The van der Waals surface area contributed by atoms with E-state index >= 15 is 0 Å². The van der Waals surface area contributed by atoms with Gasteiger partial charge in [0.1, 0.15) is 0 Å². The summed E-state index contributed by atoms with van der Waals surface area (Å²) in [5.41, 5.74) is 3.57. The van der Waals surface area contributed by atoms with E-state index in [1.165, 1.54) is 30.0 Å². The van der Waals surface area contributed by atoms with Gasteiger partial charge in [-0.3, -0.25) is 0 Å². The van der Waals surface area contributed by atoms with Gasteiger partial charge in [0.2, 0.25) is 0 Å². The average Bonchev–Trinajstić information content (AvgIpc) is 2.39. The third kappa shape index (κ3) is 1.59. The Kier molecular flexibility index (Phi) is 2.69. The molecule has 2 aromatic carbocycles. The number of hydrogen-bond donors (Lipinski definition) is 0. The van der Waals surface area contributed by atoms with Gasteiger partial charge in [0, 0.05) is 0 Å². The van der Waals surface area contributed by atoms with Gasteiger partial charge in [-0.25, -0.2) is 0 Å². The van der Waals surface area contributed by atoms with Gasteiger partial charge >= 0.3 is 0 Å². The van der Waals surface area contributed by atoms with Crippen LogP contribution in [0.2, 0.25) is 0 Å². The van der Waals surface area contributed by atoms with Crippen molar-refractivity contribution < 1.29 is 0 Å². The Labute approximate surface area is 110 Å². The first kappa shape index (κ1) is 11.8. The summed E-state index contributed by atoms with van der Waals surface area (Å²) in [6.45, 7) is 7.18. The average molecular weight is 238 g/mol. The Morgan fingerprint density at radius 2 is 1.83 bits per heavy atom. The molecule has 0 heteroatoms. The highest BCUT2D eigenvalue weighted by Crippen LogP contribution is 2.44. The van der Waals surface area contributed by atoms with E-state index in [0.29, 0.717) is 11.3 Å². The van der Waals surface area contributed by atoms with Gasteiger partial charge in [-0.05, 0) is 52.5 Å². The van der Waals surface area contributed by atoms with Gasteiger partial charge < -0.3 is 0 Å². The highest BCUT2D eigenvalue weighted by molar-refractivity contribution is 5.87. The summed E-state index contributed by atoms with van der Waals surface area (Å²) >= 11 is 0. The Morgan fingerprint density at radius 1 is 1.06 bits per heavy atom. The zero-order valence-electron chi connectivity index (χ0n) is 11.7. The maximum atomic E-state index is 2.45. The second kappa shape index (κ2) is 4.12. The van der Waals surface area contributed by atoms with Crippen molar-refractivity contribution in [3.63, 3.8) is 0 Å². The SMILES string of the molecule is CC(C)C1(C)CCCc2c1ccc1ccccc21. The second-order valence-electron chi connectivity index (χ2n) is 6.24. The highest BCUT2D eigenvalue weighted by Gasteiger charge is 2.35. The van der Waals surface area contributed by atoms with Crippen molar-refractivity contribution in [2.75, 3.05) is 0 Å². The third-order valence-electron chi connectivity index (χ3n) is 5.05. The van der Waals surface area contributed by atoms with Gasteiger partial charge in [0.05, 0.1) is 0 Å². The summed E-state index contributed by atoms with van der Waals surface area (Å²) < 4.78 is 0. The van der Waals surface area contributed by atoms with Crippen molar-refractivity contribution in [2.24, 2.45) is 5.92 Å². The van der Waals surface area contributed by atoms with Gasteiger partial charge in [0.15, 0.2) is 0 Å². The van der Waals surface area contributed by atoms with E-state index in [-0.39, 0.29) is 0 Å². The van der Waals surface area contributed by atoms with Crippen LogP contribution in [0.25, 0.3) is 10.8 Å². The molecule has 0 fully saturated rings. The van der Waals surface area contributed by atoms with E-state index in [1.807, 2.05) is 0 Å². The summed E-state index contributed by atoms with van der Waals surface area (Å²) in [7, 11) is 0. The number of benzene rings is 2. The molecule has 1 aliphatic rings. The predicted molar refractivity (Wildman–Crippen MR) is 79.1 cm³/mol. The minimum absolute atomic E-state index is 0.359. The van der Waals surface area contributed by atoms with E-state index in [0.717, 1.165) is 0 Å². The van der Waals surface area contributed by atoms with E-state index in [1.54, 1.807) is 11.1 Å². The largest absolute Gasteiger partial charge is 0.0619 e. The summed E-state index contributed by atoms with van der Waals surface area (Å²) in [5.74, 6) is 0.706. The van der Waals surface area contributed by atoms with Crippen molar-refractivity contribution in [1.82, 2.24) is 0 Å². The lowest BCUT2D eigenvalue weighted by Crippen LogP contribution is -2.33. The minimum Gasteiger partial charge on any atom is -0.0619 e. The molecule has 94 valence electrons. The summed E-state index contributed by atoms with van der Waals surface area (Å²) in [6.07, 6.45) is 3.91. The van der Waals surface area contributed by atoms with E-state index in [2.05, 4.69) is 57.2 Å². The third-order valence-corrected chi connectivity index (χ3v) is 5.05. The predicted octanol–water partition coefficient (Wildman–Crippen LogP) is 5.09. The molecule has 3 rings (SSSR count). The number of rotatable bonds is 1. The van der Waals surface area contributed by atoms with Crippen LogP contribution in [-0.4, -0.2) is 0 Å². The molecular formula is C18H22. The summed E-state index contributed by atoms with van der Waals surface area (Å²) in [4.78, 5) is 0. The van der Waals surface area contributed by atoms with Crippen molar-refractivity contribution in [3.8, 4) is 0 Å². The van der Waals surface area contributed by atoms with Gasteiger partial charge in [0.25, 0.3) is 0 Å². The van der Waals surface area contributed by atoms with Crippen molar-refractivity contribution in [1.29, 1.82) is 0 Å². The Bertz CT molecular complexity index is 580. The molecule has 0 saturated heterocycles. The summed E-state index contributed by atoms with van der Waals surface area (Å²) in [5, 5.41) is 2.87. The lowest BCUT2D eigenvalue weighted by Gasteiger charge is -2.40. The standard InChI is InChI=1S/C18H22/c1-13(2)18(3)12-6-9-16-15-8-5-4-7-14(15)10-11-17(16)18/h4-5,7-8,10-11,13H,6,9,12H2,1-3H3. The molecule has 0 nitrogen and oxygen atoms in total. The normalized spacial score (nSPS) is 23.3. The smallest absolute Gasteiger partial charge is 0.00492 e. The van der Waals surface area contributed by atoms with Crippen LogP contribution in [0.4, 0.5) is 0 Å². The first-order chi connectivity index (χ1) is 8.63. The molecule has 0 N–H and O–H groups in total. The number of hydrogen-bond acceptors (Lipinski definition) is 0. The molecule has 0 saturated carbocycles. The maximum Gasteiger partial charge on any atom is -0.00492 e. The van der Waals surface area contributed by atoms with E-state index < -0.39 is 0 Å².